The molecule has 0 fully saturated rings. The van der Waals surface area contributed by atoms with Crippen molar-refractivity contribution in [1.82, 2.24) is 0 Å². The summed E-state index contributed by atoms with van der Waals surface area (Å²) in [6, 6.07) is 0.00926. The van der Waals surface area contributed by atoms with Gasteiger partial charge in [-0.25, -0.2) is 4.99 Å². The Balaban J connectivity index is 2.69. The molecule has 0 aromatic rings. The molecule has 1 aliphatic heterocycles. The molecule has 0 aliphatic carbocycles. The molecular formula is C6H9N3. The van der Waals surface area contributed by atoms with Crippen molar-refractivity contribution < 1.29 is 0 Å². The molecule has 2 N–H and O–H groups in total. The Kier molecular flexibility index (Phi) is 1.63. The Morgan fingerprint density at radius 1 is 1.89 bits per heavy atom. The molecule has 0 bridgehead atoms. The second-order valence-corrected chi connectivity index (χ2v) is 1.87. The van der Waals surface area contributed by atoms with Crippen LogP contribution in [0.25, 0.3) is 0 Å². The number of nitrogens with two attached hydrogens (primary N) is 1. The maximum atomic E-state index is 5.45. The molecule has 3 nitrogen and oxygen atoms in total. The van der Waals surface area contributed by atoms with Crippen LogP contribution in [0, 0.1) is 0 Å². The molecule has 0 aromatic carbocycles. The Bertz CT molecular complexity index is 169. The first-order chi connectivity index (χ1) is 4.34. The van der Waals surface area contributed by atoms with Gasteiger partial charge in [-0.1, -0.05) is 6.08 Å². The highest BCUT2D eigenvalue weighted by molar-refractivity contribution is 5.87. The second-order valence-electron chi connectivity index (χ2n) is 1.87. The standard InChI is InChI=1S/C6H9N3/c1-8-5-3-2-4-9-6(5)7/h2,4-5H,1,3H2,(H2,7,9). The van der Waals surface area contributed by atoms with E-state index in [1.54, 1.807) is 6.20 Å². The van der Waals surface area contributed by atoms with Crippen LogP contribution in [-0.4, -0.2) is 18.6 Å². The van der Waals surface area contributed by atoms with Crippen LogP contribution < -0.4 is 5.73 Å². The molecule has 0 aromatic heterocycles. The molecule has 0 saturated carbocycles. The lowest BCUT2D eigenvalue weighted by Gasteiger charge is -2.10. The van der Waals surface area contributed by atoms with Gasteiger partial charge in [0, 0.05) is 6.20 Å². The van der Waals surface area contributed by atoms with Gasteiger partial charge >= 0.3 is 0 Å². The summed E-state index contributed by atoms with van der Waals surface area (Å²) in [6.07, 6.45) is 4.45. The maximum Gasteiger partial charge on any atom is 0.124 e. The van der Waals surface area contributed by atoms with Gasteiger partial charge < -0.3 is 5.73 Å². The molecule has 3 heteroatoms. The minimum atomic E-state index is 0.00926. The third kappa shape index (κ3) is 1.16. The Morgan fingerprint density at radius 2 is 2.67 bits per heavy atom. The number of aliphatic imine (C=N–C) groups is 2. The SMILES string of the molecule is C=NC1CC=CN=C1N. The molecule has 48 valence electrons. The normalized spacial score (nSPS) is 25.3. The minimum Gasteiger partial charge on any atom is -0.385 e. The molecular weight excluding hydrogens is 114 g/mol. The Labute approximate surface area is 54.0 Å². The van der Waals surface area contributed by atoms with Crippen molar-refractivity contribution in [3.63, 3.8) is 0 Å². The molecule has 1 heterocycles. The summed E-state index contributed by atoms with van der Waals surface area (Å²) in [6.45, 7) is 3.39. The van der Waals surface area contributed by atoms with Gasteiger partial charge in [0.1, 0.15) is 11.9 Å². The average Bonchev–Trinajstić information content (AvgIpc) is 1.89. The quantitative estimate of drug-likeness (QED) is 0.502. The van der Waals surface area contributed by atoms with Gasteiger partial charge in [0.2, 0.25) is 0 Å². The molecule has 1 aliphatic rings. The number of hydrogen-bond donors (Lipinski definition) is 1. The first-order valence-corrected chi connectivity index (χ1v) is 2.78. The highest BCUT2D eigenvalue weighted by atomic mass is 14.9. The summed E-state index contributed by atoms with van der Waals surface area (Å²) >= 11 is 0. The van der Waals surface area contributed by atoms with Crippen LogP contribution in [-0.2, 0) is 0 Å². The van der Waals surface area contributed by atoms with Crippen LogP contribution in [0.1, 0.15) is 6.42 Å². The average molecular weight is 123 g/mol. The van der Waals surface area contributed by atoms with Crippen molar-refractivity contribution in [2.24, 2.45) is 15.7 Å². The monoisotopic (exact) mass is 123 g/mol. The molecule has 0 radical (unpaired) electrons. The molecule has 1 atom stereocenters. The van der Waals surface area contributed by atoms with Crippen LogP contribution in [0.5, 0.6) is 0 Å². The van der Waals surface area contributed by atoms with Gasteiger partial charge in [-0.3, -0.25) is 4.99 Å². The van der Waals surface area contributed by atoms with Crippen LogP contribution >= 0.6 is 0 Å². The van der Waals surface area contributed by atoms with Crippen LogP contribution in [0.2, 0.25) is 0 Å². The van der Waals surface area contributed by atoms with Crippen molar-refractivity contribution in [2.45, 2.75) is 12.5 Å². The van der Waals surface area contributed by atoms with Crippen LogP contribution in [0.4, 0.5) is 0 Å². The van der Waals surface area contributed by atoms with E-state index in [-0.39, 0.29) is 6.04 Å². The zero-order valence-corrected chi connectivity index (χ0v) is 5.12. The molecule has 0 amide bonds. The second kappa shape index (κ2) is 2.44. The number of nitrogens with zero attached hydrogens (tertiary/aromatic N) is 2. The Hall–Kier alpha value is -1.12. The van der Waals surface area contributed by atoms with E-state index >= 15 is 0 Å². The predicted octanol–water partition coefficient (Wildman–Crippen LogP) is 0.330. The number of hydrogen-bond acceptors (Lipinski definition) is 3. The zero-order chi connectivity index (χ0) is 6.69. The number of rotatable bonds is 1. The van der Waals surface area contributed by atoms with Crippen molar-refractivity contribution >= 4 is 12.6 Å². The lowest BCUT2D eigenvalue weighted by Crippen LogP contribution is -2.27. The van der Waals surface area contributed by atoms with Gasteiger partial charge in [-0.05, 0) is 13.1 Å². The van der Waals surface area contributed by atoms with Crippen molar-refractivity contribution in [3.8, 4) is 0 Å². The van der Waals surface area contributed by atoms with Crippen molar-refractivity contribution in [3.05, 3.63) is 12.3 Å². The first-order valence-electron chi connectivity index (χ1n) is 2.78. The van der Waals surface area contributed by atoms with Gasteiger partial charge in [0.05, 0.1) is 0 Å². The molecule has 1 rings (SSSR count). The number of amidine groups is 1. The van der Waals surface area contributed by atoms with Gasteiger partial charge in [-0.15, -0.1) is 0 Å². The van der Waals surface area contributed by atoms with E-state index in [0.717, 1.165) is 6.42 Å². The summed E-state index contributed by atoms with van der Waals surface area (Å²) < 4.78 is 0. The van der Waals surface area contributed by atoms with E-state index in [1.807, 2.05) is 6.08 Å². The molecule has 1 unspecified atom stereocenters. The van der Waals surface area contributed by atoms with Crippen LogP contribution in [0.3, 0.4) is 0 Å². The highest BCUT2D eigenvalue weighted by Gasteiger charge is 2.09. The summed E-state index contributed by atoms with van der Waals surface area (Å²) in [5.41, 5.74) is 5.45. The third-order valence-electron chi connectivity index (χ3n) is 1.25. The zero-order valence-electron chi connectivity index (χ0n) is 5.12. The van der Waals surface area contributed by atoms with Crippen LogP contribution in [0.15, 0.2) is 22.3 Å². The summed E-state index contributed by atoms with van der Waals surface area (Å²) in [7, 11) is 0. The predicted molar refractivity (Wildman–Crippen MR) is 38.7 cm³/mol. The van der Waals surface area contributed by atoms with E-state index < -0.39 is 0 Å². The molecule has 0 saturated heterocycles. The fourth-order valence-corrected chi connectivity index (χ4v) is 0.703. The van der Waals surface area contributed by atoms with Crippen molar-refractivity contribution in [2.75, 3.05) is 0 Å². The lowest BCUT2D eigenvalue weighted by atomic mass is 10.2. The lowest BCUT2D eigenvalue weighted by molar-refractivity contribution is 0.859. The fraction of sp³-hybridized carbons (Fsp3) is 0.333. The first kappa shape index (κ1) is 6.01. The largest absolute Gasteiger partial charge is 0.385 e. The summed E-state index contributed by atoms with van der Waals surface area (Å²) in [5.74, 6) is 0.563. The van der Waals surface area contributed by atoms with Gasteiger partial charge in [0.25, 0.3) is 0 Å². The van der Waals surface area contributed by atoms with E-state index in [1.165, 1.54) is 0 Å². The topological polar surface area (TPSA) is 50.7 Å². The molecule has 9 heavy (non-hydrogen) atoms. The Morgan fingerprint density at radius 3 is 3.11 bits per heavy atom. The van der Waals surface area contributed by atoms with E-state index in [2.05, 4.69) is 16.7 Å². The summed E-state index contributed by atoms with van der Waals surface area (Å²) in [5, 5.41) is 0. The van der Waals surface area contributed by atoms with Gasteiger partial charge in [-0.2, -0.15) is 0 Å². The van der Waals surface area contributed by atoms with E-state index in [4.69, 9.17) is 5.73 Å². The highest BCUT2D eigenvalue weighted by Crippen LogP contribution is 2.03. The smallest absolute Gasteiger partial charge is 0.124 e. The van der Waals surface area contributed by atoms with E-state index in [9.17, 15) is 0 Å². The summed E-state index contributed by atoms with van der Waals surface area (Å²) in [4.78, 5) is 7.63. The van der Waals surface area contributed by atoms with E-state index in [0.29, 0.717) is 5.84 Å². The maximum absolute atomic E-state index is 5.45. The third-order valence-corrected chi connectivity index (χ3v) is 1.25. The van der Waals surface area contributed by atoms with Gasteiger partial charge in [0.15, 0.2) is 0 Å². The van der Waals surface area contributed by atoms with Crippen molar-refractivity contribution in [1.29, 1.82) is 0 Å². The minimum absolute atomic E-state index is 0.00926. The molecule has 0 spiro atoms. The fourth-order valence-electron chi connectivity index (χ4n) is 0.703.